The predicted molar refractivity (Wildman–Crippen MR) is 65.0 cm³/mol. The first kappa shape index (κ1) is 11.6. The van der Waals surface area contributed by atoms with Crippen molar-refractivity contribution in [3.63, 3.8) is 0 Å². The van der Waals surface area contributed by atoms with Crippen molar-refractivity contribution in [1.82, 2.24) is 5.32 Å². The van der Waals surface area contributed by atoms with Gasteiger partial charge in [-0.05, 0) is 55.5 Å². The van der Waals surface area contributed by atoms with E-state index >= 15 is 0 Å². The molecule has 2 unspecified atom stereocenters. The van der Waals surface area contributed by atoms with Crippen molar-refractivity contribution >= 4 is 0 Å². The average molecular weight is 221 g/mol. The molecular formula is C14H20FN. The summed E-state index contributed by atoms with van der Waals surface area (Å²) >= 11 is 0. The molecule has 1 fully saturated rings. The van der Waals surface area contributed by atoms with E-state index < -0.39 is 0 Å². The second kappa shape index (κ2) is 5.44. The summed E-state index contributed by atoms with van der Waals surface area (Å²) in [5.41, 5.74) is 1.18. The van der Waals surface area contributed by atoms with E-state index in [0.717, 1.165) is 13.1 Å². The second-order valence-corrected chi connectivity index (χ2v) is 4.66. The molecule has 1 N–H and O–H groups in total. The van der Waals surface area contributed by atoms with Crippen LogP contribution in [0.3, 0.4) is 0 Å². The van der Waals surface area contributed by atoms with Gasteiger partial charge in [0.2, 0.25) is 0 Å². The fourth-order valence-electron chi connectivity index (χ4n) is 2.79. The molecule has 0 spiro atoms. The van der Waals surface area contributed by atoms with Crippen molar-refractivity contribution in [2.45, 2.75) is 32.1 Å². The first-order valence-electron chi connectivity index (χ1n) is 6.27. The Kier molecular flexibility index (Phi) is 3.94. The molecule has 0 radical (unpaired) electrons. The van der Waals surface area contributed by atoms with Gasteiger partial charge in [0.05, 0.1) is 0 Å². The molecule has 2 atom stereocenters. The van der Waals surface area contributed by atoms with Gasteiger partial charge in [-0.3, -0.25) is 0 Å². The summed E-state index contributed by atoms with van der Waals surface area (Å²) in [6, 6.07) is 7.12. The van der Waals surface area contributed by atoms with Gasteiger partial charge in [-0.25, -0.2) is 4.39 Å². The third-order valence-corrected chi connectivity index (χ3v) is 3.59. The summed E-state index contributed by atoms with van der Waals surface area (Å²) < 4.78 is 13.2. The van der Waals surface area contributed by atoms with Gasteiger partial charge in [-0.15, -0.1) is 0 Å². The highest BCUT2D eigenvalue weighted by Gasteiger charge is 2.28. The highest BCUT2D eigenvalue weighted by atomic mass is 19.1. The molecule has 0 heterocycles. The lowest BCUT2D eigenvalue weighted by atomic mass is 9.89. The minimum Gasteiger partial charge on any atom is -0.317 e. The third kappa shape index (κ3) is 2.62. The number of rotatable bonds is 4. The lowest BCUT2D eigenvalue weighted by Gasteiger charge is -2.20. The zero-order valence-electron chi connectivity index (χ0n) is 9.88. The van der Waals surface area contributed by atoms with Crippen molar-refractivity contribution < 1.29 is 4.39 Å². The molecule has 1 aromatic rings. The van der Waals surface area contributed by atoms with E-state index in [1.54, 1.807) is 6.07 Å². The molecule has 0 aromatic heterocycles. The molecule has 0 amide bonds. The number of benzene rings is 1. The zero-order chi connectivity index (χ0) is 11.4. The van der Waals surface area contributed by atoms with Gasteiger partial charge < -0.3 is 5.32 Å². The van der Waals surface area contributed by atoms with Crippen LogP contribution in [0, 0.1) is 11.7 Å². The minimum atomic E-state index is -0.105. The second-order valence-electron chi connectivity index (χ2n) is 4.66. The fourth-order valence-corrected chi connectivity index (χ4v) is 2.79. The maximum Gasteiger partial charge on any atom is 0.123 e. The van der Waals surface area contributed by atoms with E-state index in [1.165, 1.54) is 30.9 Å². The maximum absolute atomic E-state index is 13.2. The topological polar surface area (TPSA) is 12.0 Å². The van der Waals surface area contributed by atoms with Gasteiger partial charge >= 0.3 is 0 Å². The molecular weight excluding hydrogens is 201 g/mol. The smallest absolute Gasteiger partial charge is 0.123 e. The summed E-state index contributed by atoms with van der Waals surface area (Å²) in [5.74, 6) is 1.13. The highest BCUT2D eigenvalue weighted by Crippen LogP contribution is 2.39. The van der Waals surface area contributed by atoms with Crippen LogP contribution >= 0.6 is 0 Å². The monoisotopic (exact) mass is 221 g/mol. The summed E-state index contributed by atoms with van der Waals surface area (Å²) in [6.07, 6.45) is 3.75. The van der Waals surface area contributed by atoms with Gasteiger partial charge in [0.25, 0.3) is 0 Å². The van der Waals surface area contributed by atoms with Crippen LogP contribution in [0.5, 0.6) is 0 Å². The summed E-state index contributed by atoms with van der Waals surface area (Å²) in [4.78, 5) is 0. The highest BCUT2D eigenvalue weighted by molar-refractivity contribution is 5.22. The van der Waals surface area contributed by atoms with Crippen LogP contribution in [-0.4, -0.2) is 13.1 Å². The molecule has 1 aliphatic rings. The third-order valence-electron chi connectivity index (χ3n) is 3.59. The van der Waals surface area contributed by atoms with Crippen LogP contribution in [0.2, 0.25) is 0 Å². The molecule has 1 aliphatic carbocycles. The largest absolute Gasteiger partial charge is 0.317 e. The van der Waals surface area contributed by atoms with E-state index in [9.17, 15) is 4.39 Å². The zero-order valence-corrected chi connectivity index (χ0v) is 9.88. The molecule has 2 heteroatoms. The Morgan fingerprint density at radius 3 is 3.00 bits per heavy atom. The Labute approximate surface area is 97.1 Å². The Morgan fingerprint density at radius 2 is 2.25 bits per heavy atom. The predicted octanol–water partition coefficient (Wildman–Crippen LogP) is 3.32. The molecule has 0 aliphatic heterocycles. The first-order valence-corrected chi connectivity index (χ1v) is 6.27. The van der Waals surface area contributed by atoms with E-state index in [-0.39, 0.29) is 5.82 Å². The van der Waals surface area contributed by atoms with E-state index in [1.807, 2.05) is 6.07 Å². The van der Waals surface area contributed by atoms with Crippen molar-refractivity contribution in [3.05, 3.63) is 35.6 Å². The maximum atomic E-state index is 13.2. The number of hydrogen-bond donors (Lipinski definition) is 1. The van der Waals surface area contributed by atoms with Crippen molar-refractivity contribution in [3.8, 4) is 0 Å². The molecule has 1 nitrogen and oxygen atoms in total. The van der Waals surface area contributed by atoms with Crippen LogP contribution in [0.25, 0.3) is 0 Å². The summed E-state index contributed by atoms with van der Waals surface area (Å²) in [6.45, 7) is 4.22. The van der Waals surface area contributed by atoms with E-state index in [2.05, 4.69) is 18.3 Å². The van der Waals surface area contributed by atoms with Crippen LogP contribution in [-0.2, 0) is 0 Å². The molecule has 1 saturated carbocycles. The molecule has 0 bridgehead atoms. The van der Waals surface area contributed by atoms with Gasteiger partial charge in [0.15, 0.2) is 0 Å². The number of halogens is 1. The summed E-state index contributed by atoms with van der Waals surface area (Å²) in [7, 11) is 0. The molecule has 0 saturated heterocycles. The van der Waals surface area contributed by atoms with Gasteiger partial charge in [-0.2, -0.15) is 0 Å². The van der Waals surface area contributed by atoms with Crippen LogP contribution in [0.1, 0.15) is 37.7 Å². The summed E-state index contributed by atoms with van der Waals surface area (Å²) in [5, 5.41) is 3.41. The molecule has 1 aromatic carbocycles. The van der Waals surface area contributed by atoms with Crippen LogP contribution in [0.4, 0.5) is 4.39 Å². The SMILES string of the molecule is CCNCC1CCCC1c1cccc(F)c1. The molecule has 16 heavy (non-hydrogen) atoms. The van der Waals surface area contributed by atoms with Crippen LogP contribution < -0.4 is 5.32 Å². The first-order chi connectivity index (χ1) is 7.81. The Morgan fingerprint density at radius 1 is 1.38 bits per heavy atom. The van der Waals surface area contributed by atoms with Crippen molar-refractivity contribution in [1.29, 1.82) is 0 Å². The number of hydrogen-bond acceptors (Lipinski definition) is 1. The Bertz CT molecular complexity index is 337. The lowest BCUT2D eigenvalue weighted by Crippen LogP contribution is -2.24. The van der Waals surface area contributed by atoms with Gasteiger partial charge in [0, 0.05) is 0 Å². The standard InChI is InChI=1S/C14H20FN/c1-2-16-10-12-6-4-8-14(12)11-5-3-7-13(15)9-11/h3,5,7,9,12,14,16H,2,4,6,8,10H2,1H3. The minimum absolute atomic E-state index is 0.105. The normalized spacial score (nSPS) is 24.9. The van der Waals surface area contributed by atoms with Gasteiger partial charge in [-0.1, -0.05) is 25.5 Å². The lowest BCUT2D eigenvalue weighted by molar-refractivity contribution is 0.449. The van der Waals surface area contributed by atoms with Crippen LogP contribution in [0.15, 0.2) is 24.3 Å². The van der Waals surface area contributed by atoms with E-state index in [4.69, 9.17) is 0 Å². The quantitative estimate of drug-likeness (QED) is 0.822. The Balaban J connectivity index is 2.07. The average Bonchev–Trinajstić information content (AvgIpc) is 2.74. The molecule has 88 valence electrons. The number of nitrogens with one attached hydrogen (secondary N) is 1. The van der Waals surface area contributed by atoms with Crippen molar-refractivity contribution in [2.75, 3.05) is 13.1 Å². The Hall–Kier alpha value is -0.890. The molecule has 2 rings (SSSR count). The fraction of sp³-hybridized carbons (Fsp3) is 0.571. The van der Waals surface area contributed by atoms with Gasteiger partial charge in [0.1, 0.15) is 5.82 Å². The van der Waals surface area contributed by atoms with E-state index in [0.29, 0.717) is 11.8 Å². The van der Waals surface area contributed by atoms with Crippen molar-refractivity contribution in [2.24, 2.45) is 5.92 Å².